The molecular formula is C23H24FN7O3. The van der Waals surface area contributed by atoms with E-state index >= 15 is 0 Å². The summed E-state index contributed by atoms with van der Waals surface area (Å²) in [4.78, 5) is 23.4. The number of nitrogens with zero attached hydrogens (tertiary/aromatic N) is 7. The molecule has 11 heteroatoms. The Morgan fingerprint density at radius 1 is 1.26 bits per heavy atom. The summed E-state index contributed by atoms with van der Waals surface area (Å²) in [6, 6.07) is 2.95. The molecule has 1 aliphatic rings. The van der Waals surface area contributed by atoms with Gasteiger partial charge in [0.05, 0.1) is 31.4 Å². The lowest BCUT2D eigenvalue weighted by molar-refractivity contribution is 0.0574. The summed E-state index contributed by atoms with van der Waals surface area (Å²) in [6.07, 6.45) is 6.40. The van der Waals surface area contributed by atoms with Crippen molar-refractivity contribution in [1.29, 1.82) is 0 Å². The Labute approximate surface area is 195 Å². The maximum Gasteiger partial charge on any atom is 0.417 e. The second-order valence-electron chi connectivity index (χ2n) is 9.06. The van der Waals surface area contributed by atoms with Crippen molar-refractivity contribution in [3.63, 3.8) is 0 Å². The molecule has 0 fully saturated rings. The van der Waals surface area contributed by atoms with Crippen LogP contribution in [0.25, 0.3) is 11.3 Å². The number of aromatic nitrogens is 6. The Morgan fingerprint density at radius 3 is 2.82 bits per heavy atom. The van der Waals surface area contributed by atoms with E-state index in [-0.39, 0.29) is 12.5 Å². The van der Waals surface area contributed by atoms with E-state index < -0.39 is 17.5 Å². The minimum atomic E-state index is -0.768. The molecule has 0 radical (unpaired) electrons. The van der Waals surface area contributed by atoms with Gasteiger partial charge in [0, 0.05) is 23.7 Å². The predicted octanol–water partition coefficient (Wildman–Crippen LogP) is 3.63. The van der Waals surface area contributed by atoms with Crippen molar-refractivity contribution in [3.8, 4) is 11.4 Å². The molecule has 5 rings (SSSR count). The van der Waals surface area contributed by atoms with E-state index in [4.69, 9.17) is 9.47 Å². The van der Waals surface area contributed by atoms with Crippen molar-refractivity contribution >= 4 is 17.7 Å². The minimum absolute atomic E-state index is 0.100. The number of benzene rings is 1. The van der Waals surface area contributed by atoms with Gasteiger partial charge in [-0.25, -0.2) is 28.5 Å². The minimum Gasteiger partial charge on any atom is -0.493 e. The fourth-order valence-corrected chi connectivity index (χ4v) is 3.91. The van der Waals surface area contributed by atoms with Crippen LogP contribution in [0.15, 0.2) is 37.2 Å². The van der Waals surface area contributed by atoms with Crippen molar-refractivity contribution < 1.29 is 18.7 Å². The maximum absolute atomic E-state index is 15.0. The number of anilines is 1. The highest BCUT2D eigenvalue weighted by Crippen LogP contribution is 2.32. The zero-order valence-corrected chi connectivity index (χ0v) is 19.3. The second kappa shape index (κ2) is 8.08. The Bertz CT molecular complexity index is 1390. The second-order valence-corrected chi connectivity index (χ2v) is 9.06. The molecule has 1 aromatic carbocycles. The van der Waals surface area contributed by atoms with Gasteiger partial charge in [-0.1, -0.05) is 0 Å². The van der Waals surface area contributed by atoms with Gasteiger partial charge >= 0.3 is 6.09 Å². The first-order chi connectivity index (χ1) is 16.2. The van der Waals surface area contributed by atoms with Crippen LogP contribution in [0.5, 0.6) is 5.75 Å². The SMILES string of the molecule is Cc1cn(-c2cnc(N(Cc3c(F)ccc4c3CCO4)C(=O)OC(C)(C)C)n3cnnc23)cn1. The molecule has 0 aliphatic carbocycles. The number of aryl methyl sites for hydroxylation is 1. The van der Waals surface area contributed by atoms with Crippen LogP contribution in [-0.4, -0.2) is 47.4 Å². The van der Waals surface area contributed by atoms with Gasteiger partial charge in [0.2, 0.25) is 5.95 Å². The van der Waals surface area contributed by atoms with E-state index in [2.05, 4.69) is 20.2 Å². The summed E-state index contributed by atoms with van der Waals surface area (Å²) < 4.78 is 29.6. The molecule has 4 aromatic rings. The average Bonchev–Trinajstić information content (AvgIpc) is 3.52. The number of fused-ring (bicyclic) bond motifs is 2. The highest BCUT2D eigenvalue weighted by atomic mass is 19.1. The number of imidazole rings is 1. The van der Waals surface area contributed by atoms with Crippen LogP contribution in [0.4, 0.5) is 15.1 Å². The molecule has 34 heavy (non-hydrogen) atoms. The number of hydrogen-bond acceptors (Lipinski definition) is 7. The van der Waals surface area contributed by atoms with E-state index in [0.29, 0.717) is 35.7 Å². The van der Waals surface area contributed by atoms with Gasteiger partial charge in [0.15, 0.2) is 5.65 Å². The summed E-state index contributed by atoms with van der Waals surface area (Å²) in [7, 11) is 0. The van der Waals surface area contributed by atoms with Crippen molar-refractivity contribution in [1.82, 2.24) is 29.1 Å². The number of amides is 1. The third-order valence-corrected chi connectivity index (χ3v) is 5.40. The van der Waals surface area contributed by atoms with E-state index in [1.165, 1.54) is 17.3 Å². The lowest BCUT2D eigenvalue weighted by Crippen LogP contribution is -2.38. The lowest BCUT2D eigenvalue weighted by atomic mass is 10.0. The van der Waals surface area contributed by atoms with Crippen molar-refractivity contribution in [3.05, 3.63) is 59.8 Å². The van der Waals surface area contributed by atoms with Crippen LogP contribution < -0.4 is 9.64 Å². The highest BCUT2D eigenvalue weighted by Gasteiger charge is 2.30. The molecule has 0 bridgehead atoms. The average molecular weight is 465 g/mol. The molecule has 0 atom stereocenters. The molecule has 0 saturated carbocycles. The van der Waals surface area contributed by atoms with Gasteiger partial charge in [-0.15, -0.1) is 10.2 Å². The number of carbonyl (C=O) groups excluding carboxylic acids is 1. The van der Waals surface area contributed by atoms with Gasteiger partial charge in [-0.05, 0) is 39.8 Å². The van der Waals surface area contributed by atoms with Crippen LogP contribution in [0.3, 0.4) is 0 Å². The summed E-state index contributed by atoms with van der Waals surface area (Å²) in [5.41, 5.74) is 2.24. The first-order valence-electron chi connectivity index (χ1n) is 10.8. The first-order valence-corrected chi connectivity index (χ1v) is 10.8. The van der Waals surface area contributed by atoms with Crippen LogP contribution in [0.1, 0.15) is 37.6 Å². The summed E-state index contributed by atoms with van der Waals surface area (Å²) >= 11 is 0. The fraction of sp³-hybridized carbons (Fsp3) is 0.348. The van der Waals surface area contributed by atoms with Gasteiger partial charge in [0.1, 0.15) is 29.2 Å². The van der Waals surface area contributed by atoms with Crippen molar-refractivity contribution in [2.24, 2.45) is 0 Å². The van der Waals surface area contributed by atoms with Gasteiger partial charge < -0.3 is 14.0 Å². The van der Waals surface area contributed by atoms with Crippen molar-refractivity contribution in [2.45, 2.75) is 46.3 Å². The van der Waals surface area contributed by atoms with Crippen LogP contribution in [0.2, 0.25) is 0 Å². The van der Waals surface area contributed by atoms with Gasteiger partial charge in [-0.3, -0.25) is 0 Å². The predicted molar refractivity (Wildman–Crippen MR) is 121 cm³/mol. The number of halogens is 1. The molecule has 10 nitrogen and oxygen atoms in total. The third-order valence-electron chi connectivity index (χ3n) is 5.40. The van der Waals surface area contributed by atoms with Crippen LogP contribution >= 0.6 is 0 Å². The Morgan fingerprint density at radius 2 is 2.09 bits per heavy atom. The Kier molecular flexibility index (Phi) is 5.18. The molecule has 0 spiro atoms. The van der Waals surface area contributed by atoms with E-state index in [1.54, 1.807) is 48.3 Å². The molecule has 0 saturated heterocycles. The standard InChI is InChI=1S/C23H24FN7O3/c1-14-10-29(12-26-14)18-9-25-21(31-13-27-28-20(18)31)30(22(32)34-23(2,3)4)11-16-15-7-8-33-19(15)6-5-17(16)24/h5-6,9-10,12-13H,7-8,11H2,1-4H3. The molecule has 0 unspecified atom stereocenters. The van der Waals surface area contributed by atoms with Gasteiger partial charge in [0.25, 0.3) is 0 Å². The number of ether oxygens (including phenoxy) is 2. The van der Waals surface area contributed by atoms with Crippen molar-refractivity contribution in [2.75, 3.05) is 11.5 Å². The number of carbonyl (C=O) groups is 1. The third kappa shape index (κ3) is 3.93. The first kappa shape index (κ1) is 21.8. The molecule has 1 aliphatic heterocycles. The molecule has 3 aromatic heterocycles. The molecular weight excluding hydrogens is 441 g/mol. The monoisotopic (exact) mass is 465 g/mol. The normalized spacial score (nSPS) is 13.1. The zero-order valence-electron chi connectivity index (χ0n) is 19.3. The quantitative estimate of drug-likeness (QED) is 0.454. The smallest absolute Gasteiger partial charge is 0.417 e. The van der Waals surface area contributed by atoms with E-state index in [1.807, 2.05) is 13.1 Å². The largest absolute Gasteiger partial charge is 0.493 e. The molecule has 0 N–H and O–H groups in total. The molecule has 176 valence electrons. The number of rotatable bonds is 4. The molecule has 1 amide bonds. The van der Waals surface area contributed by atoms with Crippen LogP contribution in [-0.2, 0) is 17.7 Å². The topological polar surface area (TPSA) is 99.7 Å². The lowest BCUT2D eigenvalue weighted by Gasteiger charge is -2.27. The summed E-state index contributed by atoms with van der Waals surface area (Å²) in [5.74, 6) is 0.392. The molecule has 4 heterocycles. The van der Waals surface area contributed by atoms with E-state index in [9.17, 15) is 9.18 Å². The Hall–Kier alpha value is -4.02. The summed E-state index contributed by atoms with van der Waals surface area (Å²) in [5, 5.41) is 8.24. The highest BCUT2D eigenvalue weighted by molar-refractivity contribution is 5.86. The zero-order chi connectivity index (χ0) is 24.0. The Balaban J connectivity index is 1.63. The fourth-order valence-electron chi connectivity index (χ4n) is 3.91. The maximum atomic E-state index is 15.0. The summed E-state index contributed by atoms with van der Waals surface area (Å²) in [6.45, 7) is 7.54. The van der Waals surface area contributed by atoms with E-state index in [0.717, 1.165) is 11.3 Å². The van der Waals surface area contributed by atoms with Crippen LogP contribution in [0, 0.1) is 12.7 Å². The van der Waals surface area contributed by atoms with Gasteiger partial charge in [-0.2, -0.15) is 0 Å². The number of hydrogen-bond donors (Lipinski definition) is 0.